The fourth-order valence-electron chi connectivity index (χ4n) is 1.86. The Bertz CT molecular complexity index is 669. The maximum absolute atomic E-state index is 12.6. The van der Waals surface area contributed by atoms with Gasteiger partial charge in [0.05, 0.1) is 11.6 Å². The van der Waals surface area contributed by atoms with Crippen LogP contribution in [0.5, 0.6) is 0 Å². The second-order valence-electron chi connectivity index (χ2n) is 4.59. The number of nitrogens with one attached hydrogen (secondary N) is 1. The maximum Gasteiger partial charge on any atom is 0.434 e. The van der Waals surface area contributed by atoms with E-state index in [2.05, 4.69) is 10.3 Å². The van der Waals surface area contributed by atoms with Gasteiger partial charge in [-0.3, -0.25) is 4.79 Å². The van der Waals surface area contributed by atoms with E-state index in [1.54, 1.807) is 31.2 Å². The first-order valence-corrected chi connectivity index (χ1v) is 7.39. The topological polar surface area (TPSA) is 68.0 Å². The number of hydrogen-bond acceptors (Lipinski definition) is 4. The third-order valence-corrected chi connectivity index (χ3v) is 3.99. The van der Waals surface area contributed by atoms with Gasteiger partial charge in [0.25, 0.3) is 5.91 Å². The monoisotopic (exact) mass is 329 g/mol. The van der Waals surface area contributed by atoms with Gasteiger partial charge in [-0.2, -0.15) is 13.2 Å². The number of aromatic nitrogens is 1. The zero-order valence-corrected chi connectivity index (χ0v) is 12.5. The zero-order valence-electron chi connectivity index (χ0n) is 11.6. The van der Waals surface area contributed by atoms with Gasteiger partial charge in [-0.05, 0) is 18.6 Å². The quantitative estimate of drug-likeness (QED) is 0.842. The lowest BCUT2D eigenvalue weighted by atomic mass is 10.1. The SMILES string of the molecule is CCC(NC(=O)c1ccccc1N)c1nc(C(F)(F)F)cs1. The lowest BCUT2D eigenvalue weighted by Crippen LogP contribution is -2.28. The molecule has 1 heterocycles. The van der Waals surface area contributed by atoms with Gasteiger partial charge >= 0.3 is 6.18 Å². The second kappa shape index (κ2) is 6.35. The first-order valence-electron chi connectivity index (χ1n) is 6.51. The molecule has 2 aromatic rings. The van der Waals surface area contributed by atoms with Crippen molar-refractivity contribution in [3.63, 3.8) is 0 Å². The largest absolute Gasteiger partial charge is 0.434 e. The number of rotatable bonds is 4. The fourth-order valence-corrected chi connectivity index (χ4v) is 2.82. The number of halogens is 3. The van der Waals surface area contributed by atoms with Gasteiger partial charge in [-0.25, -0.2) is 4.98 Å². The third kappa shape index (κ3) is 3.56. The number of amides is 1. The van der Waals surface area contributed by atoms with Crippen molar-refractivity contribution in [2.75, 3.05) is 5.73 Å². The summed E-state index contributed by atoms with van der Waals surface area (Å²) in [5.74, 6) is -0.436. The highest BCUT2D eigenvalue weighted by Crippen LogP contribution is 2.32. The Kier molecular flexibility index (Phi) is 4.70. The minimum absolute atomic E-state index is 0.220. The Hall–Kier alpha value is -2.09. The molecule has 1 aromatic heterocycles. The lowest BCUT2D eigenvalue weighted by Gasteiger charge is -2.15. The van der Waals surface area contributed by atoms with Crippen LogP contribution in [0.1, 0.15) is 40.4 Å². The predicted molar refractivity (Wildman–Crippen MR) is 78.5 cm³/mol. The van der Waals surface area contributed by atoms with E-state index in [0.29, 0.717) is 12.1 Å². The molecular weight excluding hydrogens is 315 g/mol. The molecule has 3 N–H and O–H groups in total. The van der Waals surface area contributed by atoms with E-state index in [4.69, 9.17) is 5.73 Å². The molecule has 0 saturated carbocycles. The molecule has 0 aliphatic heterocycles. The zero-order chi connectivity index (χ0) is 16.3. The molecule has 0 aliphatic rings. The van der Waals surface area contributed by atoms with Gasteiger partial charge in [0.15, 0.2) is 5.69 Å². The van der Waals surface area contributed by atoms with Crippen LogP contribution < -0.4 is 11.1 Å². The summed E-state index contributed by atoms with van der Waals surface area (Å²) in [6.45, 7) is 1.76. The first-order chi connectivity index (χ1) is 10.3. The number of nitrogens with zero attached hydrogens (tertiary/aromatic N) is 1. The van der Waals surface area contributed by atoms with E-state index in [-0.39, 0.29) is 10.6 Å². The Balaban J connectivity index is 2.18. The molecule has 1 unspecified atom stereocenters. The predicted octanol–water partition coefficient (Wildman–Crippen LogP) is 3.63. The van der Waals surface area contributed by atoms with Crippen LogP contribution in [0.4, 0.5) is 18.9 Å². The van der Waals surface area contributed by atoms with Crippen molar-refractivity contribution >= 4 is 22.9 Å². The number of nitrogen functional groups attached to an aromatic ring is 1. The molecule has 1 atom stereocenters. The smallest absolute Gasteiger partial charge is 0.398 e. The Labute approximate surface area is 129 Å². The maximum atomic E-state index is 12.6. The summed E-state index contributed by atoms with van der Waals surface area (Å²) in [4.78, 5) is 15.7. The number of hydrogen-bond donors (Lipinski definition) is 2. The number of nitrogens with two attached hydrogens (primary N) is 1. The standard InChI is InChI=1S/C14H14F3N3OS/c1-2-10(13-20-11(7-22-13)14(15,16)17)19-12(21)8-5-3-4-6-9(8)18/h3-7,10H,2,18H2,1H3,(H,19,21). The van der Waals surface area contributed by atoms with Crippen LogP contribution in [0.2, 0.25) is 0 Å². The fraction of sp³-hybridized carbons (Fsp3) is 0.286. The molecule has 1 amide bonds. The molecule has 4 nitrogen and oxygen atoms in total. The van der Waals surface area contributed by atoms with E-state index in [1.807, 2.05) is 0 Å². The number of carbonyl (C=O) groups is 1. The number of alkyl halides is 3. The summed E-state index contributed by atoms with van der Waals surface area (Å²) in [7, 11) is 0. The number of thiazole rings is 1. The van der Waals surface area contributed by atoms with Crippen LogP contribution in [0, 0.1) is 0 Å². The lowest BCUT2D eigenvalue weighted by molar-refractivity contribution is -0.140. The van der Waals surface area contributed by atoms with Gasteiger partial charge in [0.1, 0.15) is 5.01 Å². The van der Waals surface area contributed by atoms with Crippen molar-refractivity contribution in [3.05, 3.63) is 45.9 Å². The Morgan fingerprint density at radius 2 is 2.09 bits per heavy atom. The number of para-hydroxylation sites is 1. The highest BCUT2D eigenvalue weighted by molar-refractivity contribution is 7.09. The molecule has 0 radical (unpaired) electrons. The van der Waals surface area contributed by atoms with Crippen LogP contribution in [-0.2, 0) is 6.18 Å². The van der Waals surface area contributed by atoms with Crippen LogP contribution in [0.3, 0.4) is 0 Å². The van der Waals surface area contributed by atoms with Crippen molar-refractivity contribution in [1.82, 2.24) is 10.3 Å². The molecular formula is C14H14F3N3OS. The summed E-state index contributed by atoms with van der Waals surface area (Å²) in [6.07, 6.45) is -4.07. The molecule has 118 valence electrons. The minimum atomic E-state index is -4.49. The van der Waals surface area contributed by atoms with Gasteiger partial charge in [0.2, 0.25) is 0 Å². The summed E-state index contributed by atoms with van der Waals surface area (Å²) in [6, 6.07) is 5.91. The molecule has 0 aliphatic carbocycles. The minimum Gasteiger partial charge on any atom is -0.398 e. The molecule has 22 heavy (non-hydrogen) atoms. The van der Waals surface area contributed by atoms with Crippen LogP contribution >= 0.6 is 11.3 Å². The van der Waals surface area contributed by atoms with E-state index < -0.39 is 23.8 Å². The summed E-state index contributed by atoms with van der Waals surface area (Å²) >= 11 is 0.873. The molecule has 2 rings (SSSR count). The van der Waals surface area contributed by atoms with E-state index in [9.17, 15) is 18.0 Å². The van der Waals surface area contributed by atoms with Crippen molar-refractivity contribution in [1.29, 1.82) is 0 Å². The molecule has 0 spiro atoms. The second-order valence-corrected chi connectivity index (χ2v) is 5.48. The summed E-state index contributed by atoms with van der Waals surface area (Å²) in [5, 5.41) is 3.83. The number of benzene rings is 1. The summed E-state index contributed by atoms with van der Waals surface area (Å²) in [5.41, 5.74) is 5.37. The van der Waals surface area contributed by atoms with Gasteiger partial charge in [-0.15, -0.1) is 11.3 Å². The average molecular weight is 329 g/mol. The van der Waals surface area contributed by atoms with Crippen molar-refractivity contribution in [2.45, 2.75) is 25.6 Å². The third-order valence-electron chi connectivity index (χ3n) is 3.03. The van der Waals surface area contributed by atoms with Crippen LogP contribution in [0.15, 0.2) is 29.6 Å². The van der Waals surface area contributed by atoms with Crippen molar-refractivity contribution in [3.8, 4) is 0 Å². The molecule has 0 fully saturated rings. The van der Waals surface area contributed by atoms with Gasteiger partial charge in [-0.1, -0.05) is 19.1 Å². The number of anilines is 1. The molecule has 8 heteroatoms. The molecule has 0 saturated heterocycles. The van der Waals surface area contributed by atoms with E-state index in [1.165, 1.54) is 0 Å². The van der Waals surface area contributed by atoms with Gasteiger partial charge in [0, 0.05) is 11.1 Å². The van der Waals surface area contributed by atoms with Crippen molar-refractivity contribution in [2.24, 2.45) is 0 Å². The Morgan fingerprint density at radius 1 is 1.41 bits per heavy atom. The molecule has 1 aromatic carbocycles. The average Bonchev–Trinajstić information content (AvgIpc) is 2.94. The van der Waals surface area contributed by atoms with Crippen LogP contribution in [-0.4, -0.2) is 10.9 Å². The normalized spacial score (nSPS) is 12.9. The van der Waals surface area contributed by atoms with Crippen LogP contribution in [0.25, 0.3) is 0 Å². The van der Waals surface area contributed by atoms with E-state index >= 15 is 0 Å². The summed E-state index contributed by atoms with van der Waals surface area (Å²) < 4.78 is 37.8. The van der Waals surface area contributed by atoms with Gasteiger partial charge < -0.3 is 11.1 Å². The molecule has 0 bridgehead atoms. The highest BCUT2D eigenvalue weighted by Gasteiger charge is 2.34. The first kappa shape index (κ1) is 16.3. The van der Waals surface area contributed by atoms with E-state index in [0.717, 1.165) is 16.7 Å². The number of carbonyl (C=O) groups excluding carboxylic acids is 1. The van der Waals surface area contributed by atoms with Crippen molar-refractivity contribution < 1.29 is 18.0 Å². The Morgan fingerprint density at radius 3 is 2.64 bits per heavy atom. The highest BCUT2D eigenvalue weighted by atomic mass is 32.1.